The fourth-order valence-corrected chi connectivity index (χ4v) is 2.76. The summed E-state index contributed by atoms with van der Waals surface area (Å²) >= 11 is 1.14. The molecule has 1 aromatic rings. The van der Waals surface area contributed by atoms with E-state index in [4.69, 9.17) is 5.11 Å². The molecule has 0 radical (unpaired) electrons. The number of carbonyl (C=O) groups excluding carboxylic acids is 1. The number of amides is 1. The first-order valence-electron chi connectivity index (χ1n) is 7.03. The molecule has 21 heavy (non-hydrogen) atoms. The first kappa shape index (κ1) is 17.4. The summed E-state index contributed by atoms with van der Waals surface area (Å²) in [5, 5.41) is 13.5. The van der Waals surface area contributed by atoms with E-state index in [1.54, 1.807) is 16.9 Å². The molecule has 0 aliphatic heterocycles. The first-order valence-corrected chi connectivity index (χ1v) is 7.91. The molecule has 0 bridgehead atoms. The Bertz CT molecular complexity index is 549. The van der Waals surface area contributed by atoms with Crippen molar-refractivity contribution in [1.82, 2.24) is 9.88 Å². The summed E-state index contributed by atoms with van der Waals surface area (Å²) in [5.41, 5.74) is 0.883. The molecule has 2 atom stereocenters. The Morgan fingerprint density at radius 1 is 1.48 bits per heavy atom. The number of carboxylic acid groups (broad SMARTS) is 1. The van der Waals surface area contributed by atoms with Gasteiger partial charge in [-0.1, -0.05) is 31.6 Å². The summed E-state index contributed by atoms with van der Waals surface area (Å²) in [6.07, 6.45) is 1.40. The van der Waals surface area contributed by atoms with Gasteiger partial charge in [0.05, 0.1) is 0 Å². The smallest absolute Gasteiger partial charge is 0.326 e. The van der Waals surface area contributed by atoms with Gasteiger partial charge >= 0.3 is 10.8 Å². The van der Waals surface area contributed by atoms with Crippen molar-refractivity contribution in [2.45, 2.75) is 52.6 Å². The topological polar surface area (TPSA) is 88.4 Å². The Labute approximate surface area is 127 Å². The minimum Gasteiger partial charge on any atom is -0.480 e. The van der Waals surface area contributed by atoms with E-state index in [0.717, 1.165) is 17.0 Å². The molecule has 2 N–H and O–H groups in total. The van der Waals surface area contributed by atoms with Crippen LogP contribution in [0.15, 0.2) is 10.2 Å². The normalized spacial score (nSPS) is 13.7. The molecule has 0 aromatic carbocycles. The van der Waals surface area contributed by atoms with Crippen LogP contribution < -0.4 is 10.2 Å². The highest BCUT2D eigenvalue weighted by Crippen LogP contribution is 2.09. The fraction of sp³-hybridized carbons (Fsp3) is 0.643. The van der Waals surface area contributed by atoms with Crippen LogP contribution >= 0.6 is 11.3 Å². The van der Waals surface area contributed by atoms with Crippen LogP contribution in [0.25, 0.3) is 0 Å². The number of aliphatic carboxylic acids is 1. The van der Waals surface area contributed by atoms with E-state index in [2.05, 4.69) is 5.32 Å². The summed E-state index contributed by atoms with van der Waals surface area (Å²) in [6.45, 7) is 6.01. The molecule has 1 amide bonds. The third-order valence-corrected chi connectivity index (χ3v) is 4.44. The van der Waals surface area contributed by atoms with Crippen LogP contribution in [0.4, 0.5) is 0 Å². The molecule has 0 spiro atoms. The summed E-state index contributed by atoms with van der Waals surface area (Å²) in [7, 11) is 0. The van der Waals surface area contributed by atoms with Crippen molar-refractivity contribution in [3.63, 3.8) is 0 Å². The summed E-state index contributed by atoms with van der Waals surface area (Å²) in [4.78, 5) is 34.4. The second-order valence-electron chi connectivity index (χ2n) is 5.17. The zero-order chi connectivity index (χ0) is 16.0. The van der Waals surface area contributed by atoms with Crippen molar-refractivity contribution in [2.24, 2.45) is 5.92 Å². The lowest BCUT2D eigenvalue weighted by molar-refractivity contribution is -0.143. The molecule has 0 aliphatic rings. The maximum absolute atomic E-state index is 11.8. The van der Waals surface area contributed by atoms with Crippen LogP contribution in [0, 0.1) is 12.8 Å². The molecule has 6 nitrogen and oxygen atoms in total. The minimum atomic E-state index is -1.01. The van der Waals surface area contributed by atoms with Gasteiger partial charge in [-0.2, -0.15) is 0 Å². The van der Waals surface area contributed by atoms with Crippen LogP contribution in [0.2, 0.25) is 0 Å². The molecule has 1 unspecified atom stereocenters. The lowest BCUT2D eigenvalue weighted by atomic mass is 9.99. The van der Waals surface area contributed by atoms with Gasteiger partial charge < -0.3 is 15.0 Å². The summed E-state index contributed by atoms with van der Waals surface area (Å²) in [5.74, 6) is -1.42. The molecule has 0 fully saturated rings. The van der Waals surface area contributed by atoms with Crippen molar-refractivity contribution in [2.75, 3.05) is 0 Å². The largest absolute Gasteiger partial charge is 0.480 e. The van der Waals surface area contributed by atoms with Crippen molar-refractivity contribution in [3.8, 4) is 0 Å². The second kappa shape index (κ2) is 7.97. The minimum absolute atomic E-state index is 0.0316. The molecular weight excluding hydrogens is 292 g/mol. The van der Waals surface area contributed by atoms with Gasteiger partial charge in [0.1, 0.15) is 6.04 Å². The third kappa shape index (κ3) is 5.00. The Balaban J connectivity index is 2.47. The Morgan fingerprint density at radius 2 is 2.14 bits per heavy atom. The summed E-state index contributed by atoms with van der Waals surface area (Å²) in [6, 6.07) is -0.854. The maximum Gasteiger partial charge on any atom is 0.326 e. The van der Waals surface area contributed by atoms with E-state index in [-0.39, 0.29) is 23.1 Å². The quantitative estimate of drug-likeness (QED) is 0.763. The van der Waals surface area contributed by atoms with Gasteiger partial charge in [0.15, 0.2) is 0 Å². The number of aryl methyl sites for hydroxylation is 1. The van der Waals surface area contributed by atoms with Gasteiger partial charge in [0.2, 0.25) is 5.91 Å². The van der Waals surface area contributed by atoms with Gasteiger partial charge in [-0.25, -0.2) is 4.79 Å². The number of rotatable bonds is 8. The molecule has 0 saturated carbocycles. The number of thiazole rings is 1. The molecule has 0 aliphatic carbocycles. The van der Waals surface area contributed by atoms with Crippen LogP contribution in [-0.2, 0) is 16.1 Å². The molecule has 1 heterocycles. The standard InChI is InChI=1S/C14H22N2O4S/c1-4-9(2)12(13(18)19)15-11(17)6-5-7-16-10(3)8-21-14(16)20/h8-9,12H,4-7H2,1-3H3,(H,15,17)(H,18,19)/t9?,12-/m0/s1. The van der Waals surface area contributed by atoms with Crippen LogP contribution in [0.3, 0.4) is 0 Å². The molecular formula is C14H22N2O4S. The van der Waals surface area contributed by atoms with Crippen LogP contribution in [-0.4, -0.2) is 27.6 Å². The van der Waals surface area contributed by atoms with Crippen molar-refractivity contribution >= 4 is 23.2 Å². The predicted molar refractivity (Wildman–Crippen MR) is 81.6 cm³/mol. The highest BCUT2D eigenvalue weighted by molar-refractivity contribution is 7.07. The van der Waals surface area contributed by atoms with Crippen LogP contribution in [0.1, 0.15) is 38.8 Å². The molecule has 7 heteroatoms. The Hall–Kier alpha value is -1.63. The highest BCUT2D eigenvalue weighted by atomic mass is 32.1. The third-order valence-electron chi connectivity index (χ3n) is 3.56. The number of aromatic nitrogens is 1. The second-order valence-corrected chi connectivity index (χ2v) is 5.99. The van der Waals surface area contributed by atoms with E-state index in [9.17, 15) is 14.4 Å². The Morgan fingerprint density at radius 3 is 2.62 bits per heavy atom. The zero-order valence-electron chi connectivity index (χ0n) is 12.6. The van der Waals surface area contributed by atoms with E-state index in [0.29, 0.717) is 19.4 Å². The zero-order valence-corrected chi connectivity index (χ0v) is 13.4. The predicted octanol–water partition coefficient (Wildman–Crippen LogP) is 1.61. The average Bonchev–Trinajstić information content (AvgIpc) is 2.75. The number of hydrogen-bond donors (Lipinski definition) is 2. The van der Waals surface area contributed by atoms with Crippen molar-refractivity contribution < 1.29 is 14.7 Å². The molecule has 0 saturated heterocycles. The van der Waals surface area contributed by atoms with Gasteiger partial charge in [0.25, 0.3) is 0 Å². The number of carboxylic acids is 1. The van der Waals surface area contributed by atoms with Crippen molar-refractivity contribution in [3.05, 3.63) is 20.7 Å². The maximum atomic E-state index is 11.8. The molecule has 118 valence electrons. The van der Waals surface area contributed by atoms with E-state index in [1.807, 2.05) is 13.8 Å². The highest BCUT2D eigenvalue weighted by Gasteiger charge is 2.24. The number of hydrogen-bond acceptors (Lipinski definition) is 4. The van der Waals surface area contributed by atoms with E-state index in [1.165, 1.54) is 0 Å². The van der Waals surface area contributed by atoms with E-state index < -0.39 is 12.0 Å². The van der Waals surface area contributed by atoms with Gasteiger partial charge in [-0.05, 0) is 19.3 Å². The van der Waals surface area contributed by atoms with E-state index >= 15 is 0 Å². The van der Waals surface area contributed by atoms with Gasteiger partial charge in [-0.3, -0.25) is 9.59 Å². The molecule has 1 rings (SSSR count). The van der Waals surface area contributed by atoms with Gasteiger partial charge in [0, 0.05) is 24.0 Å². The fourth-order valence-electron chi connectivity index (χ4n) is 2.00. The average molecular weight is 314 g/mol. The Kier molecular flexibility index (Phi) is 6.61. The van der Waals surface area contributed by atoms with Gasteiger partial charge in [-0.15, -0.1) is 0 Å². The van der Waals surface area contributed by atoms with Crippen LogP contribution in [0.5, 0.6) is 0 Å². The lowest BCUT2D eigenvalue weighted by Gasteiger charge is -2.20. The lowest BCUT2D eigenvalue weighted by Crippen LogP contribution is -2.45. The number of nitrogens with zero attached hydrogens (tertiary/aromatic N) is 1. The summed E-state index contributed by atoms with van der Waals surface area (Å²) < 4.78 is 1.63. The number of nitrogens with one attached hydrogen (secondary N) is 1. The SMILES string of the molecule is CCC(C)[C@H](NC(=O)CCCn1c(C)csc1=O)C(=O)O. The number of carbonyl (C=O) groups is 2. The van der Waals surface area contributed by atoms with Crippen molar-refractivity contribution in [1.29, 1.82) is 0 Å². The first-order chi connectivity index (χ1) is 9.86. The molecule has 1 aromatic heterocycles. The monoisotopic (exact) mass is 314 g/mol.